The average Bonchev–Trinajstić information content (AvgIpc) is 2.83. The molecule has 0 bridgehead atoms. The first-order valence-corrected chi connectivity index (χ1v) is 7.25. The van der Waals surface area contributed by atoms with Gasteiger partial charge in [-0.2, -0.15) is 0 Å². The van der Waals surface area contributed by atoms with Crippen LogP contribution in [0.2, 0.25) is 0 Å². The first-order valence-electron chi connectivity index (χ1n) is 7.25. The van der Waals surface area contributed by atoms with Crippen molar-refractivity contribution in [3.8, 4) is 5.69 Å². The molecule has 2 aromatic heterocycles. The largest absolute Gasteiger partial charge is 0.384 e. The zero-order chi connectivity index (χ0) is 17.0. The number of amides is 2. The van der Waals surface area contributed by atoms with Gasteiger partial charge in [0, 0.05) is 17.6 Å². The number of aromatic nitrogens is 2. The van der Waals surface area contributed by atoms with Crippen LogP contribution < -0.4 is 16.6 Å². The van der Waals surface area contributed by atoms with E-state index < -0.39 is 17.4 Å². The number of benzene rings is 1. The van der Waals surface area contributed by atoms with E-state index in [0.717, 1.165) is 17.0 Å². The van der Waals surface area contributed by atoms with Crippen LogP contribution >= 0.6 is 0 Å². The van der Waals surface area contributed by atoms with Gasteiger partial charge in [0.1, 0.15) is 5.82 Å². The predicted octanol–water partition coefficient (Wildman–Crippen LogP) is 1.16. The Morgan fingerprint density at radius 2 is 1.92 bits per heavy atom. The van der Waals surface area contributed by atoms with E-state index in [1.807, 2.05) is 25.1 Å². The number of nitrogens with zero attached hydrogens (tertiary/aromatic N) is 2. The summed E-state index contributed by atoms with van der Waals surface area (Å²) < 4.78 is 1.24. The van der Waals surface area contributed by atoms with Crippen LogP contribution in [0.3, 0.4) is 0 Å². The van der Waals surface area contributed by atoms with Crippen LogP contribution in [0.15, 0.2) is 41.3 Å². The van der Waals surface area contributed by atoms with Gasteiger partial charge in [0.25, 0.3) is 17.4 Å². The third kappa shape index (κ3) is 1.78. The molecule has 0 fully saturated rings. The summed E-state index contributed by atoms with van der Waals surface area (Å²) in [7, 11) is 0. The molecule has 24 heavy (non-hydrogen) atoms. The summed E-state index contributed by atoms with van der Waals surface area (Å²) in [5.41, 5.74) is 7.51. The number of rotatable bonds is 1. The lowest BCUT2D eigenvalue weighted by atomic mass is 10.1. The minimum absolute atomic E-state index is 0.00426. The van der Waals surface area contributed by atoms with Crippen molar-refractivity contribution in [3.63, 3.8) is 0 Å². The highest BCUT2D eigenvalue weighted by molar-refractivity contribution is 6.23. The van der Waals surface area contributed by atoms with E-state index in [1.54, 1.807) is 12.3 Å². The second-order valence-corrected chi connectivity index (χ2v) is 5.58. The summed E-state index contributed by atoms with van der Waals surface area (Å²) in [5.74, 6) is -1.28. The molecule has 3 N–H and O–H groups in total. The molecule has 2 amide bonds. The molecule has 4 rings (SSSR count). The molecule has 3 heterocycles. The van der Waals surface area contributed by atoms with E-state index in [1.165, 1.54) is 4.57 Å². The van der Waals surface area contributed by atoms with Gasteiger partial charge in [0.2, 0.25) is 0 Å². The number of hydrogen-bond acceptors (Lipinski definition) is 5. The van der Waals surface area contributed by atoms with Crippen molar-refractivity contribution < 1.29 is 9.59 Å². The number of nitrogens with one attached hydrogen (secondary N) is 1. The summed E-state index contributed by atoms with van der Waals surface area (Å²) in [4.78, 5) is 40.7. The fraction of sp³-hybridized carbons (Fsp3) is 0.0588. The summed E-state index contributed by atoms with van der Waals surface area (Å²) in [5, 5.41) is 2.99. The summed E-state index contributed by atoms with van der Waals surface area (Å²) >= 11 is 0. The van der Waals surface area contributed by atoms with E-state index in [4.69, 9.17) is 5.73 Å². The van der Waals surface area contributed by atoms with Crippen LogP contribution in [0.1, 0.15) is 26.3 Å². The van der Waals surface area contributed by atoms with Crippen molar-refractivity contribution in [2.24, 2.45) is 0 Å². The summed E-state index contributed by atoms with van der Waals surface area (Å²) in [6.45, 7) is 1.83. The van der Waals surface area contributed by atoms with E-state index in [-0.39, 0.29) is 16.9 Å². The van der Waals surface area contributed by atoms with Crippen molar-refractivity contribution in [3.05, 3.63) is 63.6 Å². The Labute approximate surface area is 135 Å². The van der Waals surface area contributed by atoms with E-state index in [0.29, 0.717) is 11.2 Å². The Morgan fingerprint density at radius 1 is 1.12 bits per heavy atom. The third-order valence-electron chi connectivity index (χ3n) is 4.13. The minimum Gasteiger partial charge on any atom is -0.384 e. The lowest BCUT2D eigenvalue weighted by molar-refractivity contribution is 0.0880. The van der Waals surface area contributed by atoms with Gasteiger partial charge in [-0.3, -0.25) is 29.3 Å². The molecule has 1 aliphatic rings. The Balaban J connectivity index is 2.16. The second kappa shape index (κ2) is 4.76. The lowest BCUT2D eigenvalue weighted by Gasteiger charge is -2.15. The standard InChI is InChI=1S/C17H12N4O3/c1-8-4-5-9-3-2-6-19-13(9)14(8)21-11(22)7-10-12(15(21)18)17(24)20-16(10)23/h2-7H,18H2,1H3,(H,20,23,24). The average molecular weight is 320 g/mol. The van der Waals surface area contributed by atoms with Gasteiger partial charge in [-0.05, 0) is 18.6 Å². The number of fused-ring (bicyclic) bond motifs is 2. The van der Waals surface area contributed by atoms with Crippen molar-refractivity contribution >= 4 is 28.5 Å². The number of carbonyl (C=O) groups excluding carboxylic acids is 2. The first kappa shape index (κ1) is 14.1. The van der Waals surface area contributed by atoms with Gasteiger partial charge in [-0.15, -0.1) is 0 Å². The van der Waals surface area contributed by atoms with Gasteiger partial charge in [-0.25, -0.2) is 0 Å². The number of hydrogen-bond donors (Lipinski definition) is 2. The predicted molar refractivity (Wildman–Crippen MR) is 88.3 cm³/mol. The van der Waals surface area contributed by atoms with Gasteiger partial charge in [-0.1, -0.05) is 18.2 Å². The molecular weight excluding hydrogens is 308 g/mol. The maximum atomic E-state index is 12.6. The van der Waals surface area contributed by atoms with E-state index >= 15 is 0 Å². The van der Waals surface area contributed by atoms with Crippen LogP contribution in [0.25, 0.3) is 16.6 Å². The molecular formula is C17H12N4O3. The molecule has 118 valence electrons. The molecule has 1 aliphatic heterocycles. The van der Waals surface area contributed by atoms with Crippen LogP contribution in [0, 0.1) is 6.92 Å². The van der Waals surface area contributed by atoms with Crippen molar-refractivity contribution in [2.75, 3.05) is 5.73 Å². The second-order valence-electron chi connectivity index (χ2n) is 5.58. The number of nitrogens with two attached hydrogens (primary N) is 1. The number of anilines is 1. The van der Waals surface area contributed by atoms with E-state index in [2.05, 4.69) is 10.3 Å². The number of carbonyl (C=O) groups is 2. The first-order chi connectivity index (χ1) is 11.5. The van der Waals surface area contributed by atoms with Crippen LogP contribution in [-0.4, -0.2) is 21.4 Å². The molecule has 7 heteroatoms. The topological polar surface area (TPSA) is 107 Å². The minimum atomic E-state index is -0.612. The zero-order valence-corrected chi connectivity index (χ0v) is 12.7. The molecule has 0 spiro atoms. The Hall–Kier alpha value is -3.48. The van der Waals surface area contributed by atoms with Crippen LogP contribution in [-0.2, 0) is 0 Å². The normalized spacial score (nSPS) is 13.2. The molecule has 1 aromatic carbocycles. The van der Waals surface area contributed by atoms with Gasteiger partial charge < -0.3 is 5.73 Å². The maximum absolute atomic E-state index is 12.6. The Morgan fingerprint density at radius 3 is 2.71 bits per heavy atom. The highest BCUT2D eigenvalue weighted by Gasteiger charge is 2.32. The molecule has 0 saturated carbocycles. The molecule has 3 aromatic rings. The van der Waals surface area contributed by atoms with E-state index in [9.17, 15) is 14.4 Å². The van der Waals surface area contributed by atoms with Gasteiger partial charge >= 0.3 is 0 Å². The maximum Gasteiger partial charge on any atom is 0.262 e. The smallest absolute Gasteiger partial charge is 0.262 e. The van der Waals surface area contributed by atoms with Crippen molar-refractivity contribution in [2.45, 2.75) is 6.92 Å². The van der Waals surface area contributed by atoms with Gasteiger partial charge in [0.15, 0.2) is 0 Å². The Bertz CT molecular complexity index is 1110. The molecule has 7 nitrogen and oxygen atoms in total. The third-order valence-corrected chi connectivity index (χ3v) is 4.13. The number of aryl methyl sites for hydroxylation is 1. The quantitative estimate of drug-likeness (QED) is 0.654. The fourth-order valence-corrected chi connectivity index (χ4v) is 3.02. The summed E-state index contributed by atoms with van der Waals surface area (Å²) in [6, 6.07) is 8.54. The van der Waals surface area contributed by atoms with Crippen LogP contribution in [0.5, 0.6) is 0 Å². The SMILES string of the molecule is Cc1ccc2cccnc2c1-n1c(N)c2c(cc1=O)C(=O)NC2=O. The molecule has 0 saturated heterocycles. The monoisotopic (exact) mass is 320 g/mol. The molecule has 0 unspecified atom stereocenters. The van der Waals surface area contributed by atoms with Gasteiger partial charge in [0.05, 0.1) is 22.3 Å². The number of imide groups is 1. The fourth-order valence-electron chi connectivity index (χ4n) is 3.02. The molecule has 0 atom stereocenters. The molecule has 0 aliphatic carbocycles. The van der Waals surface area contributed by atoms with Crippen molar-refractivity contribution in [1.82, 2.24) is 14.9 Å². The summed E-state index contributed by atoms with van der Waals surface area (Å²) in [6.07, 6.45) is 1.62. The number of pyridine rings is 2. The van der Waals surface area contributed by atoms with Crippen molar-refractivity contribution in [1.29, 1.82) is 0 Å². The van der Waals surface area contributed by atoms with Crippen LogP contribution in [0.4, 0.5) is 5.82 Å². The molecule has 0 radical (unpaired) electrons. The zero-order valence-electron chi connectivity index (χ0n) is 12.7. The highest BCUT2D eigenvalue weighted by Crippen LogP contribution is 2.28. The lowest BCUT2D eigenvalue weighted by Crippen LogP contribution is -2.25. The number of nitrogen functional groups attached to an aromatic ring is 1. The Kier molecular flexibility index (Phi) is 2.80. The highest BCUT2D eigenvalue weighted by atomic mass is 16.2.